The highest BCUT2D eigenvalue weighted by atomic mass is 14.5. The van der Waals surface area contributed by atoms with Gasteiger partial charge in [0.25, 0.3) is 0 Å². The molecule has 0 heterocycles. The maximum absolute atomic E-state index is 6.17. The van der Waals surface area contributed by atoms with Crippen LogP contribution in [-0.4, -0.2) is 0 Å². The van der Waals surface area contributed by atoms with Gasteiger partial charge in [-0.05, 0) is 68.8 Å². The molecular weight excluding hydrogens is 508 g/mol. The molecule has 0 saturated heterocycles. The van der Waals surface area contributed by atoms with Crippen molar-refractivity contribution in [3.63, 3.8) is 0 Å². The van der Waals surface area contributed by atoms with Gasteiger partial charge in [0.1, 0.15) is 0 Å². The number of nitrogen functional groups attached to an aromatic ring is 2. The monoisotopic (exact) mass is 544 g/mol. The summed E-state index contributed by atoms with van der Waals surface area (Å²) >= 11 is 0. The van der Waals surface area contributed by atoms with E-state index in [9.17, 15) is 0 Å². The third-order valence-corrected chi connectivity index (χ3v) is 9.93. The van der Waals surface area contributed by atoms with Crippen LogP contribution < -0.4 is 11.5 Å². The number of rotatable bonds is 6. The Hall–Kier alpha value is -4.82. The van der Waals surface area contributed by atoms with E-state index in [0.29, 0.717) is 0 Å². The molecule has 0 aromatic heterocycles. The summed E-state index contributed by atoms with van der Waals surface area (Å²) in [5.41, 5.74) is 23.6. The van der Waals surface area contributed by atoms with Gasteiger partial charge in [-0.1, -0.05) is 135 Å². The molecule has 2 nitrogen and oxygen atoms in total. The number of hydrogen-bond acceptors (Lipinski definition) is 2. The van der Waals surface area contributed by atoms with E-state index in [-0.39, 0.29) is 22.7 Å². The number of anilines is 2. The second-order valence-corrected chi connectivity index (χ2v) is 12.2. The third kappa shape index (κ3) is 4.01. The minimum atomic E-state index is -0.321. The topological polar surface area (TPSA) is 52.0 Å². The highest BCUT2D eigenvalue weighted by molar-refractivity contribution is 5.68. The van der Waals surface area contributed by atoms with Gasteiger partial charge in [0, 0.05) is 34.0 Å². The second-order valence-electron chi connectivity index (χ2n) is 12.2. The average molecular weight is 545 g/mol. The van der Waals surface area contributed by atoms with E-state index in [1.165, 1.54) is 44.5 Å². The summed E-state index contributed by atoms with van der Waals surface area (Å²) < 4.78 is 0. The van der Waals surface area contributed by atoms with Crippen LogP contribution in [0.3, 0.4) is 0 Å². The van der Waals surface area contributed by atoms with Crippen LogP contribution in [0.1, 0.15) is 70.2 Å². The number of nitrogens with two attached hydrogens (primary N) is 2. The lowest BCUT2D eigenvalue weighted by Crippen LogP contribution is -2.33. The lowest BCUT2D eigenvalue weighted by Gasteiger charge is -2.40. The maximum Gasteiger partial charge on any atom is 0.0314 e. The summed E-state index contributed by atoms with van der Waals surface area (Å²) in [6, 6.07) is 43.8. The lowest BCUT2D eigenvalue weighted by atomic mass is 9.62. The Bertz CT molecular complexity index is 1700. The van der Waals surface area contributed by atoms with Crippen LogP contribution in [0.5, 0.6) is 0 Å². The molecule has 4 N–H and O–H groups in total. The molecule has 4 unspecified atom stereocenters. The SMILES string of the molecule is CC(c1ccc(N)cc1)(c1cccc(C(C)(c2ccc(N)cc2)C2C=Cc3ccccc32)c1)C1C=Cc2ccccc21. The molecule has 5 aromatic rings. The zero-order chi connectivity index (χ0) is 28.9. The Balaban J connectivity index is 1.44. The number of allylic oxidation sites excluding steroid dienone is 2. The van der Waals surface area contributed by atoms with Gasteiger partial charge in [-0.25, -0.2) is 0 Å². The Kier molecular flexibility index (Phi) is 6.17. The normalized spacial score (nSPS) is 19.6. The van der Waals surface area contributed by atoms with E-state index in [2.05, 4.69) is 135 Å². The van der Waals surface area contributed by atoms with Crippen LogP contribution in [0, 0.1) is 0 Å². The number of benzene rings is 5. The first kappa shape index (κ1) is 26.1. The van der Waals surface area contributed by atoms with Crippen LogP contribution >= 0.6 is 0 Å². The molecule has 5 aromatic carbocycles. The fourth-order valence-electron chi connectivity index (χ4n) is 7.38. The van der Waals surface area contributed by atoms with Crippen molar-refractivity contribution < 1.29 is 0 Å². The molecule has 0 saturated carbocycles. The van der Waals surface area contributed by atoms with Crippen LogP contribution in [0.4, 0.5) is 11.4 Å². The first-order valence-electron chi connectivity index (χ1n) is 14.8. The molecule has 4 atom stereocenters. The van der Waals surface area contributed by atoms with Crippen molar-refractivity contribution in [2.75, 3.05) is 11.5 Å². The quantitative estimate of drug-likeness (QED) is 0.210. The molecule has 0 radical (unpaired) electrons. The lowest BCUT2D eigenvalue weighted by molar-refractivity contribution is 0.498. The molecule has 0 amide bonds. The van der Waals surface area contributed by atoms with Crippen LogP contribution in [-0.2, 0) is 10.8 Å². The maximum atomic E-state index is 6.17. The Labute approximate surface area is 249 Å². The highest BCUT2D eigenvalue weighted by Crippen LogP contribution is 2.52. The molecule has 0 aliphatic heterocycles. The van der Waals surface area contributed by atoms with E-state index in [0.717, 1.165) is 11.4 Å². The number of fused-ring (bicyclic) bond motifs is 2. The van der Waals surface area contributed by atoms with E-state index in [4.69, 9.17) is 11.5 Å². The van der Waals surface area contributed by atoms with Crippen LogP contribution in [0.2, 0.25) is 0 Å². The Morgan fingerprint density at radius 3 is 1.29 bits per heavy atom. The smallest absolute Gasteiger partial charge is 0.0314 e. The van der Waals surface area contributed by atoms with Gasteiger partial charge in [0.05, 0.1) is 0 Å². The summed E-state index contributed by atoms with van der Waals surface area (Å²) in [4.78, 5) is 0. The molecule has 0 fully saturated rings. The van der Waals surface area contributed by atoms with Gasteiger partial charge >= 0.3 is 0 Å². The molecule has 7 rings (SSSR count). The van der Waals surface area contributed by atoms with Gasteiger partial charge < -0.3 is 11.5 Å². The van der Waals surface area contributed by atoms with Crippen molar-refractivity contribution in [3.8, 4) is 0 Å². The summed E-state index contributed by atoms with van der Waals surface area (Å²) in [7, 11) is 0. The van der Waals surface area contributed by atoms with Crippen molar-refractivity contribution in [2.24, 2.45) is 0 Å². The predicted octanol–water partition coefficient (Wildman–Crippen LogP) is 9.08. The first-order valence-corrected chi connectivity index (χ1v) is 14.8. The molecule has 206 valence electrons. The van der Waals surface area contributed by atoms with E-state index < -0.39 is 0 Å². The fourth-order valence-corrected chi connectivity index (χ4v) is 7.38. The van der Waals surface area contributed by atoms with Gasteiger partial charge in [-0.15, -0.1) is 0 Å². The second kappa shape index (κ2) is 9.92. The van der Waals surface area contributed by atoms with E-state index in [1.54, 1.807) is 0 Å². The van der Waals surface area contributed by atoms with E-state index in [1.807, 2.05) is 24.3 Å². The standard InChI is InChI=1S/C40H36N2/c1-39(29-16-20-33(41)21-17-29,37-24-14-27-8-3-5-12-35(27)37)31-10-7-11-32(26-31)40(2,30-18-22-34(42)23-19-30)38-25-15-28-9-4-6-13-36(28)38/h3-26,37-38H,41-42H2,1-2H3. The summed E-state index contributed by atoms with van der Waals surface area (Å²) in [6.45, 7) is 4.78. The van der Waals surface area contributed by atoms with E-state index >= 15 is 0 Å². The first-order chi connectivity index (χ1) is 20.4. The zero-order valence-electron chi connectivity index (χ0n) is 24.2. The van der Waals surface area contributed by atoms with Gasteiger partial charge in [0.2, 0.25) is 0 Å². The fraction of sp³-hybridized carbons (Fsp3) is 0.150. The molecule has 42 heavy (non-hydrogen) atoms. The van der Waals surface area contributed by atoms with Gasteiger partial charge in [-0.2, -0.15) is 0 Å². The predicted molar refractivity (Wildman–Crippen MR) is 177 cm³/mol. The zero-order valence-corrected chi connectivity index (χ0v) is 24.2. The summed E-state index contributed by atoms with van der Waals surface area (Å²) in [5.74, 6) is 0.366. The summed E-state index contributed by atoms with van der Waals surface area (Å²) in [5, 5.41) is 0. The van der Waals surface area contributed by atoms with Crippen molar-refractivity contribution in [1.29, 1.82) is 0 Å². The molecule has 0 bridgehead atoms. The minimum absolute atomic E-state index is 0.183. The Morgan fingerprint density at radius 2 is 0.857 bits per heavy atom. The van der Waals surface area contributed by atoms with Crippen molar-refractivity contribution >= 4 is 23.5 Å². The molecule has 0 spiro atoms. The third-order valence-electron chi connectivity index (χ3n) is 9.93. The van der Waals surface area contributed by atoms with Crippen molar-refractivity contribution in [1.82, 2.24) is 0 Å². The van der Waals surface area contributed by atoms with Crippen LogP contribution in [0.25, 0.3) is 12.2 Å². The highest BCUT2D eigenvalue weighted by Gasteiger charge is 2.43. The van der Waals surface area contributed by atoms with Gasteiger partial charge in [-0.3, -0.25) is 0 Å². The largest absolute Gasteiger partial charge is 0.399 e. The van der Waals surface area contributed by atoms with Crippen LogP contribution in [0.15, 0.2) is 133 Å². The van der Waals surface area contributed by atoms with Crippen molar-refractivity contribution in [3.05, 3.63) is 178 Å². The molecule has 2 heteroatoms. The molecule has 2 aliphatic carbocycles. The minimum Gasteiger partial charge on any atom is -0.399 e. The van der Waals surface area contributed by atoms with Gasteiger partial charge in [0.15, 0.2) is 0 Å². The van der Waals surface area contributed by atoms with Crippen molar-refractivity contribution in [2.45, 2.75) is 36.5 Å². The summed E-state index contributed by atoms with van der Waals surface area (Å²) in [6.07, 6.45) is 9.31. The number of hydrogen-bond donors (Lipinski definition) is 2. The molecular formula is C40H36N2. The average Bonchev–Trinajstić information content (AvgIpc) is 3.67. The Morgan fingerprint density at radius 1 is 0.452 bits per heavy atom. The molecule has 2 aliphatic rings.